The van der Waals surface area contributed by atoms with E-state index in [1.54, 1.807) is 6.33 Å². The first kappa shape index (κ1) is 14.3. The maximum absolute atomic E-state index is 10.6. The van der Waals surface area contributed by atoms with Crippen molar-refractivity contribution < 1.29 is 9.90 Å². The number of aromatic nitrogens is 3. The molecular weight excluding hydrogens is 264 g/mol. The standard InChI is InChI=1S/C12H20N4O2S/c1-2-15-5-3-10(4-6-15)7-16-9-13-14-12(16)19-8-11(17)18/h9-10H,2-8H2,1H3,(H,17,18). The molecule has 1 aromatic heterocycles. The van der Waals surface area contributed by atoms with Gasteiger partial charge in [0.15, 0.2) is 5.16 Å². The molecule has 0 radical (unpaired) electrons. The quantitative estimate of drug-likeness (QED) is 0.791. The van der Waals surface area contributed by atoms with Gasteiger partial charge in [0.25, 0.3) is 0 Å². The van der Waals surface area contributed by atoms with Gasteiger partial charge in [-0.2, -0.15) is 0 Å². The predicted octanol–water partition coefficient (Wildman–Crippen LogP) is 1.19. The first-order valence-electron chi connectivity index (χ1n) is 6.63. The summed E-state index contributed by atoms with van der Waals surface area (Å²) in [5.41, 5.74) is 0. The lowest BCUT2D eigenvalue weighted by Crippen LogP contribution is -2.34. The maximum Gasteiger partial charge on any atom is 0.313 e. The second kappa shape index (κ2) is 6.91. The Hall–Kier alpha value is -1.08. The van der Waals surface area contributed by atoms with Crippen molar-refractivity contribution >= 4 is 17.7 Å². The molecule has 0 atom stereocenters. The number of carboxylic acid groups (broad SMARTS) is 1. The number of nitrogens with zero attached hydrogens (tertiary/aromatic N) is 4. The highest BCUT2D eigenvalue weighted by Gasteiger charge is 2.19. The molecule has 7 heteroatoms. The summed E-state index contributed by atoms with van der Waals surface area (Å²) in [6.07, 6.45) is 4.08. The van der Waals surface area contributed by atoms with Crippen LogP contribution in [0.3, 0.4) is 0 Å². The summed E-state index contributed by atoms with van der Waals surface area (Å²) < 4.78 is 1.99. The molecule has 2 heterocycles. The molecule has 0 spiro atoms. The monoisotopic (exact) mass is 284 g/mol. The van der Waals surface area contributed by atoms with Crippen molar-refractivity contribution in [2.45, 2.75) is 31.5 Å². The van der Waals surface area contributed by atoms with E-state index in [1.165, 1.54) is 24.6 Å². The number of rotatable bonds is 6. The Morgan fingerprint density at radius 2 is 2.26 bits per heavy atom. The topological polar surface area (TPSA) is 71.2 Å². The van der Waals surface area contributed by atoms with Crippen molar-refractivity contribution in [2.24, 2.45) is 5.92 Å². The number of carboxylic acids is 1. The zero-order valence-electron chi connectivity index (χ0n) is 11.2. The Kier molecular flexibility index (Phi) is 5.21. The smallest absolute Gasteiger partial charge is 0.313 e. The van der Waals surface area contributed by atoms with Gasteiger partial charge < -0.3 is 14.6 Å². The van der Waals surface area contributed by atoms with E-state index >= 15 is 0 Å². The van der Waals surface area contributed by atoms with Crippen LogP contribution in [-0.2, 0) is 11.3 Å². The zero-order chi connectivity index (χ0) is 13.7. The lowest BCUT2D eigenvalue weighted by Gasteiger charge is -2.31. The molecule has 0 amide bonds. The molecule has 1 aliphatic heterocycles. The van der Waals surface area contributed by atoms with Gasteiger partial charge in [-0.15, -0.1) is 10.2 Å². The van der Waals surface area contributed by atoms with Crippen molar-refractivity contribution in [3.8, 4) is 0 Å². The third-order valence-electron chi connectivity index (χ3n) is 3.51. The largest absolute Gasteiger partial charge is 0.481 e. The first-order chi connectivity index (χ1) is 9.19. The molecule has 6 nitrogen and oxygen atoms in total. The molecule has 19 heavy (non-hydrogen) atoms. The van der Waals surface area contributed by atoms with Gasteiger partial charge in [-0.3, -0.25) is 4.79 Å². The molecule has 0 aliphatic carbocycles. The summed E-state index contributed by atoms with van der Waals surface area (Å²) in [4.78, 5) is 13.0. The van der Waals surface area contributed by atoms with E-state index in [4.69, 9.17) is 5.11 Å². The maximum atomic E-state index is 10.6. The van der Waals surface area contributed by atoms with Gasteiger partial charge in [0.1, 0.15) is 6.33 Å². The number of likely N-dealkylation sites (tertiary alicyclic amines) is 1. The van der Waals surface area contributed by atoms with Gasteiger partial charge in [-0.25, -0.2) is 0 Å². The van der Waals surface area contributed by atoms with E-state index in [0.717, 1.165) is 26.2 Å². The van der Waals surface area contributed by atoms with E-state index in [0.29, 0.717) is 11.1 Å². The number of carbonyl (C=O) groups is 1. The second-order valence-electron chi connectivity index (χ2n) is 4.83. The van der Waals surface area contributed by atoms with Gasteiger partial charge in [-0.1, -0.05) is 18.7 Å². The fraction of sp³-hybridized carbons (Fsp3) is 0.750. The Bertz CT molecular complexity index is 416. The van der Waals surface area contributed by atoms with Crippen molar-refractivity contribution in [1.29, 1.82) is 0 Å². The molecular formula is C12H20N4O2S. The minimum Gasteiger partial charge on any atom is -0.481 e. The Balaban J connectivity index is 1.86. The van der Waals surface area contributed by atoms with Crippen LogP contribution in [0.1, 0.15) is 19.8 Å². The lowest BCUT2D eigenvalue weighted by atomic mass is 9.97. The molecule has 106 valence electrons. The number of hydrogen-bond acceptors (Lipinski definition) is 5. The van der Waals surface area contributed by atoms with E-state index in [-0.39, 0.29) is 5.75 Å². The average Bonchev–Trinajstić information content (AvgIpc) is 2.84. The van der Waals surface area contributed by atoms with Gasteiger partial charge in [0.2, 0.25) is 0 Å². The van der Waals surface area contributed by atoms with Gasteiger partial charge in [0, 0.05) is 6.54 Å². The SMILES string of the molecule is CCN1CCC(Cn2cnnc2SCC(=O)O)CC1. The van der Waals surface area contributed by atoms with Gasteiger partial charge in [-0.05, 0) is 38.4 Å². The number of aliphatic carboxylic acids is 1. The Labute approximate surface area is 117 Å². The molecule has 1 aromatic rings. The minimum absolute atomic E-state index is 0.0347. The van der Waals surface area contributed by atoms with Crippen molar-refractivity contribution in [1.82, 2.24) is 19.7 Å². The van der Waals surface area contributed by atoms with Crippen LogP contribution in [-0.4, -0.2) is 56.1 Å². The zero-order valence-corrected chi connectivity index (χ0v) is 12.0. The lowest BCUT2D eigenvalue weighted by molar-refractivity contribution is -0.133. The fourth-order valence-electron chi connectivity index (χ4n) is 2.37. The van der Waals surface area contributed by atoms with E-state index < -0.39 is 5.97 Å². The van der Waals surface area contributed by atoms with Crippen molar-refractivity contribution in [2.75, 3.05) is 25.4 Å². The van der Waals surface area contributed by atoms with E-state index in [9.17, 15) is 4.79 Å². The normalized spacial score (nSPS) is 17.7. The van der Waals surface area contributed by atoms with Gasteiger partial charge in [0.05, 0.1) is 5.75 Å². The number of piperidine rings is 1. The molecule has 1 saturated heterocycles. The van der Waals surface area contributed by atoms with Crippen LogP contribution in [0.15, 0.2) is 11.5 Å². The molecule has 1 N–H and O–H groups in total. The highest BCUT2D eigenvalue weighted by Crippen LogP contribution is 2.22. The van der Waals surface area contributed by atoms with Crippen LogP contribution in [0.4, 0.5) is 0 Å². The van der Waals surface area contributed by atoms with Crippen LogP contribution >= 0.6 is 11.8 Å². The van der Waals surface area contributed by atoms with Crippen LogP contribution < -0.4 is 0 Å². The summed E-state index contributed by atoms with van der Waals surface area (Å²) in [7, 11) is 0. The second-order valence-corrected chi connectivity index (χ2v) is 5.77. The number of thioether (sulfide) groups is 1. The molecule has 0 unspecified atom stereocenters. The first-order valence-corrected chi connectivity index (χ1v) is 7.62. The average molecular weight is 284 g/mol. The molecule has 0 aromatic carbocycles. The summed E-state index contributed by atoms with van der Waals surface area (Å²) in [6, 6.07) is 0. The summed E-state index contributed by atoms with van der Waals surface area (Å²) in [6.45, 7) is 6.52. The van der Waals surface area contributed by atoms with Crippen LogP contribution in [0.25, 0.3) is 0 Å². The van der Waals surface area contributed by atoms with E-state index in [2.05, 4.69) is 22.0 Å². The molecule has 1 aliphatic rings. The summed E-state index contributed by atoms with van der Waals surface area (Å²) in [5, 5.41) is 17.3. The van der Waals surface area contributed by atoms with Crippen LogP contribution in [0.2, 0.25) is 0 Å². The molecule has 0 saturated carbocycles. The number of hydrogen-bond donors (Lipinski definition) is 1. The molecule has 2 rings (SSSR count). The van der Waals surface area contributed by atoms with Crippen LogP contribution in [0, 0.1) is 5.92 Å². The van der Waals surface area contributed by atoms with Crippen molar-refractivity contribution in [3.63, 3.8) is 0 Å². The molecule has 1 fully saturated rings. The highest BCUT2D eigenvalue weighted by atomic mass is 32.2. The van der Waals surface area contributed by atoms with Crippen LogP contribution in [0.5, 0.6) is 0 Å². The summed E-state index contributed by atoms with van der Waals surface area (Å²) >= 11 is 1.23. The minimum atomic E-state index is -0.823. The predicted molar refractivity (Wildman–Crippen MR) is 73.2 cm³/mol. The third-order valence-corrected chi connectivity index (χ3v) is 4.48. The van der Waals surface area contributed by atoms with E-state index in [1.807, 2.05) is 4.57 Å². The fourth-order valence-corrected chi connectivity index (χ4v) is 3.02. The Morgan fingerprint density at radius 3 is 2.89 bits per heavy atom. The summed E-state index contributed by atoms with van der Waals surface area (Å²) in [5.74, 6) is -0.147. The Morgan fingerprint density at radius 1 is 1.53 bits per heavy atom. The van der Waals surface area contributed by atoms with Gasteiger partial charge >= 0.3 is 5.97 Å². The van der Waals surface area contributed by atoms with Crippen molar-refractivity contribution in [3.05, 3.63) is 6.33 Å². The third kappa shape index (κ3) is 4.21. The highest BCUT2D eigenvalue weighted by molar-refractivity contribution is 7.99. The molecule has 0 bridgehead atoms.